The third-order valence-electron chi connectivity index (χ3n) is 3.88. The van der Waals surface area contributed by atoms with Gasteiger partial charge < -0.3 is 0 Å². The largest absolute Gasteiger partial charge is 0.410 e. The number of amides is 1. The number of hydrogen-bond acceptors (Lipinski definition) is 4. The highest BCUT2D eigenvalue weighted by molar-refractivity contribution is 5.92. The van der Waals surface area contributed by atoms with Crippen molar-refractivity contribution in [2.75, 3.05) is 6.54 Å². The number of fused-ring (bicyclic) bond motifs is 1. The number of nitro groups is 1. The molecule has 1 saturated heterocycles. The molecule has 0 radical (unpaired) electrons. The molecule has 2 aromatic rings. The van der Waals surface area contributed by atoms with E-state index in [1.54, 1.807) is 12.1 Å². The Morgan fingerprint density at radius 3 is 2.50 bits per heavy atom. The highest BCUT2D eigenvalue weighted by Crippen LogP contribution is 2.43. The maximum atomic E-state index is 13.6. The predicted molar refractivity (Wildman–Crippen MR) is 78.9 cm³/mol. The van der Waals surface area contributed by atoms with E-state index in [1.165, 1.54) is 18.2 Å². The second-order valence-corrected chi connectivity index (χ2v) is 5.40. The molecule has 1 heterocycles. The molecule has 0 unspecified atom stereocenters. The van der Waals surface area contributed by atoms with Crippen LogP contribution in [0.3, 0.4) is 0 Å². The average molecular weight is 339 g/mol. The Morgan fingerprint density at radius 2 is 1.92 bits per heavy atom. The monoisotopic (exact) mass is 339 g/mol. The average Bonchev–Trinajstić information content (AvgIpc) is 2.91. The van der Waals surface area contributed by atoms with Gasteiger partial charge in [0.1, 0.15) is 0 Å². The van der Waals surface area contributed by atoms with Crippen molar-refractivity contribution in [1.82, 2.24) is 10.4 Å². The van der Waals surface area contributed by atoms with Crippen molar-refractivity contribution < 1.29 is 22.9 Å². The van der Waals surface area contributed by atoms with Crippen molar-refractivity contribution in [1.29, 1.82) is 0 Å². The molecule has 3 rings (SSSR count). The Balaban J connectivity index is 2.22. The van der Waals surface area contributed by atoms with Gasteiger partial charge in [-0.3, -0.25) is 20.3 Å². The van der Waals surface area contributed by atoms with Crippen LogP contribution in [0.1, 0.15) is 18.0 Å². The van der Waals surface area contributed by atoms with Crippen molar-refractivity contribution in [2.45, 2.75) is 18.6 Å². The molecule has 1 aliphatic rings. The number of rotatable bonds is 3. The number of carbonyl (C=O) groups is 1. The molecule has 9 heteroatoms. The fraction of sp³-hybridized carbons (Fsp3) is 0.267. The van der Waals surface area contributed by atoms with Crippen LogP contribution >= 0.6 is 0 Å². The van der Waals surface area contributed by atoms with Crippen LogP contribution in [0.2, 0.25) is 0 Å². The smallest absolute Gasteiger partial charge is 0.288 e. The standard InChI is InChI=1S/C15H12F3N3O3/c16-15(17,18)14(20-8-7-12(22)19-20)11-6-5-9-3-1-2-4-10(9)13(11)21(23)24/h1-6,14H,7-8H2,(H,19,22)/t14-/m0/s1. The fourth-order valence-corrected chi connectivity index (χ4v) is 2.90. The molecule has 24 heavy (non-hydrogen) atoms. The Hall–Kier alpha value is -2.68. The number of alkyl halides is 3. The SMILES string of the molecule is O=C1CCN([C@@H](c2ccc3ccccc3c2[N+](=O)[O-])C(F)(F)F)N1. The topological polar surface area (TPSA) is 75.5 Å². The van der Waals surface area contributed by atoms with Gasteiger partial charge in [-0.05, 0) is 17.5 Å². The van der Waals surface area contributed by atoms with Gasteiger partial charge in [0.25, 0.3) is 5.69 Å². The van der Waals surface area contributed by atoms with Gasteiger partial charge in [-0.1, -0.05) is 24.3 Å². The number of benzene rings is 2. The van der Waals surface area contributed by atoms with E-state index in [9.17, 15) is 28.1 Å². The van der Waals surface area contributed by atoms with E-state index < -0.39 is 34.3 Å². The Kier molecular flexibility index (Phi) is 3.88. The number of carbonyl (C=O) groups excluding carboxylic acids is 1. The molecule has 1 amide bonds. The molecular formula is C15H12F3N3O3. The number of nitrogens with one attached hydrogen (secondary N) is 1. The van der Waals surface area contributed by atoms with Crippen molar-refractivity contribution in [3.05, 3.63) is 52.1 Å². The van der Waals surface area contributed by atoms with Gasteiger partial charge in [-0.15, -0.1) is 0 Å². The lowest BCUT2D eigenvalue weighted by Gasteiger charge is -2.29. The lowest BCUT2D eigenvalue weighted by molar-refractivity contribution is -0.384. The normalized spacial score (nSPS) is 17.0. The van der Waals surface area contributed by atoms with E-state index in [0.29, 0.717) is 10.4 Å². The van der Waals surface area contributed by atoms with Crippen LogP contribution < -0.4 is 5.43 Å². The summed E-state index contributed by atoms with van der Waals surface area (Å²) in [6, 6.07) is 6.40. The summed E-state index contributed by atoms with van der Waals surface area (Å²) in [6.07, 6.45) is -4.88. The van der Waals surface area contributed by atoms with Crippen LogP contribution in [0, 0.1) is 10.1 Å². The first-order valence-electron chi connectivity index (χ1n) is 7.08. The van der Waals surface area contributed by atoms with Gasteiger partial charge in [0, 0.05) is 13.0 Å². The summed E-state index contributed by atoms with van der Waals surface area (Å²) in [5.41, 5.74) is 1.03. The van der Waals surface area contributed by atoms with Crippen LogP contribution in [0.15, 0.2) is 36.4 Å². The Bertz CT molecular complexity index is 822. The van der Waals surface area contributed by atoms with Gasteiger partial charge in [0.05, 0.1) is 15.9 Å². The molecule has 0 saturated carbocycles. The molecule has 0 spiro atoms. The molecule has 6 nitrogen and oxygen atoms in total. The van der Waals surface area contributed by atoms with Crippen LogP contribution in [-0.2, 0) is 4.79 Å². The lowest BCUT2D eigenvalue weighted by Crippen LogP contribution is -2.43. The predicted octanol–water partition coefficient (Wildman–Crippen LogP) is 3.09. The van der Waals surface area contributed by atoms with Crippen molar-refractivity contribution in [3.63, 3.8) is 0 Å². The highest BCUT2D eigenvalue weighted by atomic mass is 19.4. The van der Waals surface area contributed by atoms with E-state index in [1.807, 2.05) is 0 Å². The first-order chi connectivity index (χ1) is 11.3. The van der Waals surface area contributed by atoms with Crippen LogP contribution in [0.25, 0.3) is 10.8 Å². The van der Waals surface area contributed by atoms with Crippen molar-refractivity contribution in [3.8, 4) is 0 Å². The summed E-state index contributed by atoms with van der Waals surface area (Å²) in [5, 5.41) is 12.8. The van der Waals surface area contributed by atoms with Gasteiger partial charge in [-0.25, -0.2) is 5.01 Å². The quantitative estimate of drug-likeness (QED) is 0.689. The van der Waals surface area contributed by atoms with Crippen LogP contribution in [0.4, 0.5) is 18.9 Å². The molecule has 1 fully saturated rings. The molecule has 0 aromatic heterocycles. The van der Waals surface area contributed by atoms with E-state index in [2.05, 4.69) is 5.43 Å². The number of nitrogens with zero attached hydrogens (tertiary/aromatic N) is 2. The Labute approximate surface area is 134 Å². The number of hydrogen-bond donors (Lipinski definition) is 1. The van der Waals surface area contributed by atoms with E-state index in [-0.39, 0.29) is 18.4 Å². The second kappa shape index (κ2) is 5.75. The van der Waals surface area contributed by atoms with E-state index in [4.69, 9.17) is 0 Å². The van der Waals surface area contributed by atoms with E-state index in [0.717, 1.165) is 6.07 Å². The summed E-state index contributed by atoms with van der Waals surface area (Å²) in [4.78, 5) is 22.0. The molecule has 0 aliphatic carbocycles. The van der Waals surface area contributed by atoms with Gasteiger partial charge in [0.2, 0.25) is 5.91 Å². The molecule has 1 atom stereocenters. The maximum Gasteiger partial charge on any atom is 0.410 e. The van der Waals surface area contributed by atoms with Gasteiger partial charge in [-0.2, -0.15) is 13.2 Å². The van der Waals surface area contributed by atoms with Crippen LogP contribution in [0.5, 0.6) is 0 Å². The minimum Gasteiger partial charge on any atom is -0.288 e. The third kappa shape index (κ3) is 2.78. The molecule has 0 bridgehead atoms. The first kappa shape index (κ1) is 16.2. The van der Waals surface area contributed by atoms with Gasteiger partial charge >= 0.3 is 6.18 Å². The summed E-state index contributed by atoms with van der Waals surface area (Å²) < 4.78 is 40.8. The zero-order valence-corrected chi connectivity index (χ0v) is 12.2. The first-order valence-corrected chi connectivity index (χ1v) is 7.08. The number of halogens is 3. The molecule has 126 valence electrons. The van der Waals surface area contributed by atoms with Crippen molar-refractivity contribution in [2.24, 2.45) is 0 Å². The summed E-state index contributed by atoms with van der Waals surface area (Å²) in [5.74, 6) is -0.548. The zero-order valence-electron chi connectivity index (χ0n) is 12.2. The summed E-state index contributed by atoms with van der Waals surface area (Å²) in [6.45, 7) is -0.174. The lowest BCUT2D eigenvalue weighted by atomic mass is 9.98. The third-order valence-corrected chi connectivity index (χ3v) is 3.88. The highest BCUT2D eigenvalue weighted by Gasteiger charge is 2.49. The van der Waals surface area contributed by atoms with Gasteiger partial charge in [0.15, 0.2) is 6.04 Å². The summed E-state index contributed by atoms with van der Waals surface area (Å²) >= 11 is 0. The zero-order chi connectivity index (χ0) is 17.5. The second-order valence-electron chi connectivity index (χ2n) is 5.40. The Morgan fingerprint density at radius 1 is 1.21 bits per heavy atom. The number of hydrazine groups is 1. The summed E-state index contributed by atoms with van der Waals surface area (Å²) in [7, 11) is 0. The molecule has 1 aliphatic heterocycles. The fourth-order valence-electron chi connectivity index (χ4n) is 2.90. The van der Waals surface area contributed by atoms with Crippen LogP contribution in [-0.4, -0.2) is 28.6 Å². The van der Waals surface area contributed by atoms with E-state index >= 15 is 0 Å². The maximum absolute atomic E-state index is 13.6. The molecular weight excluding hydrogens is 327 g/mol. The minimum absolute atomic E-state index is 0.0893. The van der Waals surface area contributed by atoms with Crippen molar-refractivity contribution >= 4 is 22.4 Å². The number of nitro benzene ring substituents is 1. The minimum atomic E-state index is -4.79. The molecule has 1 N–H and O–H groups in total. The molecule has 2 aromatic carbocycles.